The first-order valence-electron chi connectivity index (χ1n) is 13.8. The molecular weight excluding hydrogens is 492 g/mol. The molecule has 3 N–H and O–H groups in total. The SMILES string of the molecule is CNC[C@H](CC1CCCCC1)NC(=O)N1CCC[C@@H]([C@@](C)(OCCN(C)C(=O)O)c2cccc(Cl)c2)C1. The summed E-state index contributed by atoms with van der Waals surface area (Å²) in [4.78, 5) is 27.8. The maximum atomic E-state index is 13.4. The molecule has 0 spiro atoms. The molecular formula is C28H45ClN4O4. The largest absolute Gasteiger partial charge is 0.465 e. The molecule has 2 aliphatic rings. The first-order valence-corrected chi connectivity index (χ1v) is 14.1. The predicted octanol–water partition coefficient (Wildman–Crippen LogP) is 5.16. The van der Waals surface area contributed by atoms with Gasteiger partial charge in [-0.05, 0) is 56.8 Å². The van der Waals surface area contributed by atoms with Crippen molar-refractivity contribution in [1.82, 2.24) is 20.4 Å². The summed E-state index contributed by atoms with van der Waals surface area (Å²) in [5.74, 6) is 0.728. The summed E-state index contributed by atoms with van der Waals surface area (Å²) in [6, 6.07) is 7.75. The number of urea groups is 1. The van der Waals surface area contributed by atoms with E-state index in [9.17, 15) is 14.7 Å². The van der Waals surface area contributed by atoms with Gasteiger partial charge in [-0.3, -0.25) is 0 Å². The molecule has 1 aromatic rings. The van der Waals surface area contributed by atoms with Gasteiger partial charge < -0.3 is 30.3 Å². The van der Waals surface area contributed by atoms with Crippen molar-refractivity contribution in [2.75, 3.05) is 46.9 Å². The zero-order valence-electron chi connectivity index (χ0n) is 22.7. The minimum Gasteiger partial charge on any atom is -0.465 e. The van der Waals surface area contributed by atoms with Crippen molar-refractivity contribution >= 4 is 23.7 Å². The van der Waals surface area contributed by atoms with E-state index < -0.39 is 11.7 Å². The topological polar surface area (TPSA) is 94.1 Å². The normalized spacial score (nSPS) is 21.2. The summed E-state index contributed by atoms with van der Waals surface area (Å²) >= 11 is 6.34. The van der Waals surface area contributed by atoms with Crippen molar-refractivity contribution in [3.8, 4) is 0 Å². The van der Waals surface area contributed by atoms with E-state index >= 15 is 0 Å². The van der Waals surface area contributed by atoms with Gasteiger partial charge in [0.15, 0.2) is 0 Å². The standard InChI is InChI=1S/C28H45ClN4O4/c1-28(22-11-7-13-24(29)18-22,37-16-15-32(3)27(35)36)23-12-8-14-33(20-23)26(34)31-25(19-30-2)17-21-9-5-4-6-10-21/h7,11,13,18,21,23,25,30H,4-6,8-10,12,14-17,19-20H2,1-3H3,(H,31,34)(H,35,36)/t23-,25+,28+/m1/s1. The van der Waals surface area contributed by atoms with Crippen molar-refractivity contribution < 1.29 is 19.4 Å². The van der Waals surface area contributed by atoms with Crippen LogP contribution >= 0.6 is 11.6 Å². The highest BCUT2D eigenvalue weighted by atomic mass is 35.5. The molecule has 37 heavy (non-hydrogen) atoms. The zero-order chi connectivity index (χ0) is 26.8. The quantitative estimate of drug-likeness (QED) is 0.363. The molecule has 1 aliphatic heterocycles. The van der Waals surface area contributed by atoms with Crippen LogP contribution in [0.1, 0.15) is 63.9 Å². The van der Waals surface area contributed by atoms with Gasteiger partial charge in [-0.2, -0.15) is 0 Å². The van der Waals surface area contributed by atoms with Gasteiger partial charge in [-0.25, -0.2) is 9.59 Å². The fourth-order valence-corrected chi connectivity index (χ4v) is 6.06. The van der Waals surface area contributed by atoms with Crippen LogP contribution in [0, 0.1) is 11.8 Å². The van der Waals surface area contributed by atoms with Gasteiger partial charge >= 0.3 is 12.1 Å². The molecule has 3 amide bonds. The Morgan fingerprint density at radius 1 is 1.24 bits per heavy atom. The van der Waals surface area contributed by atoms with Crippen molar-refractivity contribution in [3.63, 3.8) is 0 Å². The molecule has 0 bridgehead atoms. The van der Waals surface area contributed by atoms with Crippen LogP contribution in [-0.4, -0.2) is 80.0 Å². The van der Waals surface area contributed by atoms with E-state index in [1.165, 1.54) is 44.1 Å². The van der Waals surface area contributed by atoms with Crippen molar-refractivity contribution in [3.05, 3.63) is 34.9 Å². The van der Waals surface area contributed by atoms with E-state index in [2.05, 4.69) is 10.6 Å². The average molecular weight is 537 g/mol. The first-order chi connectivity index (χ1) is 17.7. The summed E-state index contributed by atoms with van der Waals surface area (Å²) in [6.07, 6.45) is 8.25. The number of nitrogens with one attached hydrogen (secondary N) is 2. The minimum absolute atomic E-state index is 0.0141. The van der Waals surface area contributed by atoms with Crippen LogP contribution in [0.25, 0.3) is 0 Å². The maximum Gasteiger partial charge on any atom is 0.407 e. The minimum atomic E-state index is -0.988. The Hall–Kier alpha value is -2.03. The van der Waals surface area contributed by atoms with Gasteiger partial charge in [0.05, 0.1) is 12.2 Å². The summed E-state index contributed by atoms with van der Waals surface area (Å²) in [6.45, 7) is 4.60. The number of likely N-dealkylation sites (N-methyl/N-ethyl adjacent to an activating group) is 2. The number of carbonyl (C=O) groups excluding carboxylic acids is 1. The highest BCUT2D eigenvalue weighted by Gasteiger charge is 2.41. The van der Waals surface area contributed by atoms with Crippen LogP contribution < -0.4 is 10.6 Å². The van der Waals surface area contributed by atoms with Crippen LogP contribution in [0.15, 0.2) is 24.3 Å². The van der Waals surface area contributed by atoms with Crippen molar-refractivity contribution in [2.45, 2.75) is 69.9 Å². The lowest BCUT2D eigenvalue weighted by Gasteiger charge is -2.44. The lowest BCUT2D eigenvalue weighted by Crippen LogP contribution is -2.54. The molecule has 1 aliphatic carbocycles. The van der Waals surface area contributed by atoms with E-state index in [1.54, 1.807) is 0 Å². The molecule has 1 aromatic carbocycles. The first kappa shape index (κ1) is 29.5. The van der Waals surface area contributed by atoms with Gasteiger partial charge in [0.2, 0.25) is 0 Å². The molecule has 9 heteroatoms. The molecule has 3 rings (SSSR count). The second kappa shape index (κ2) is 14.2. The molecule has 0 aromatic heterocycles. The Kier molecular flexibility index (Phi) is 11.3. The predicted molar refractivity (Wildman–Crippen MR) is 147 cm³/mol. The van der Waals surface area contributed by atoms with Gasteiger partial charge in [-0.1, -0.05) is 55.8 Å². The lowest BCUT2D eigenvalue weighted by atomic mass is 9.78. The molecule has 1 saturated heterocycles. The number of nitrogens with zero attached hydrogens (tertiary/aromatic N) is 2. The number of carboxylic acid groups (broad SMARTS) is 1. The Labute approximate surface area is 227 Å². The Morgan fingerprint density at radius 3 is 2.68 bits per heavy atom. The number of piperidine rings is 1. The Morgan fingerprint density at radius 2 is 2.00 bits per heavy atom. The van der Waals surface area contributed by atoms with E-state index in [1.807, 2.05) is 43.1 Å². The highest BCUT2D eigenvalue weighted by molar-refractivity contribution is 6.30. The third-order valence-electron chi connectivity index (χ3n) is 8.16. The number of benzene rings is 1. The number of hydrogen-bond donors (Lipinski definition) is 3. The van der Waals surface area contributed by atoms with Crippen LogP contribution in [-0.2, 0) is 10.3 Å². The smallest absolute Gasteiger partial charge is 0.407 e. The molecule has 2 fully saturated rings. The fraction of sp³-hybridized carbons (Fsp3) is 0.714. The third-order valence-corrected chi connectivity index (χ3v) is 8.40. The number of hydrogen-bond acceptors (Lipinski definition) is 4. The molecule has 1 heterocycles. The summed E-state index contributed by atoms with van der Waals surface area (Å²) in [7, 11) is 3.47. The Balaban J connectivity index is 1.70. The molecule has 3 atom stereocenters. The number of rotatable bonds is 11. The number of likely N-dealkylation sites (tertiary alicyclic amines) is 1. The summed E-state index contributed by atoms with van der Waals surface area (Å²) in [5.41, 5.74) is 0.228. The second-order valence-corrected chi connectivity index (χ2v) is 11.3. The van der Waals surface area contributed by atoms with Crippen molar-refractivity contribution in [2.24, 2.45) is 11.8 Å². The van der Waals surface area contributed by atoms with Crippen LogP contribution in [0.3, 0.4) is 0 Å². The third kappa shape index (κ3) is 8.48. The van der Waals surface area contributed by atoms with E-state index in [-0.39, 0.29) is 31.1 Å². The number of amides is 3. The van der Waals surface area contributed by atoms with Gasteiger partial charge in [-0.15, -0.1) is 0 Å². The second-order valence-electron chi connectivity index (χ2n) is 10.9. The van der Waals surface area contributed by atoms with E-state index in [0.29, 0.717) is 24.0 Å². The fourth-order valence-electron chi connectivity index (χ4n) is 5.87. The van der Waals surface area contributed by atoms with Gasteiger partial charge in [0.25, 0.3) is 0 Å². The number of carbonyl (C=O) groups is 2. The van der Waals surface area contributed by atoms with Crippen molar-refractivity contribution in [1.29, 1.82) is 0 Å². The molecule has 1 saturated carbocycles. The summed E-state index contributed by atoms with van der Waals surface area (Å²) < 4.78 is 6.45. The average Bonchev–Trinajstić information content (AvgIpc) is 2.89. The maximum absolute atomic E-state index is 13.4. The van der Waals surface area contributed by atoms with E-state index in [4.69, 9.17) is 16.3 Å². The Bertz CT molecular complexity index is 881. The zero-order valence-corrected chi connectivity index (χ0v) is 23.4. The lowest BCUT2D eigenvalue weighted by molar-refractivity contribution is -0.0968. The monoisotopic (exact) mass is 536 g/mol. The molecule has 0 radical (unpaired) electrons. The summed E-state index contributed by atoms with van der Waals surface area (Å²) in [5, 5.41) is 16.4. The molecule has 8 nitrogen and oxygen atoms in total. The molecule has 0 unspecified atom stereocenters. The van der Waals surface area contributed by atoms with Gasteiger partial charge in [0.1, 0.15) is 0 Å². The highest BCUT2D eigenvalue weighted by Crippen LogP contribution is 2.39. The molecule has 208 valence electrons. The number of ether oxygens (including phenoxy) is 1. The van der Waals surface area contributed by atoms with Crippen LogP contribution in [0.2, 0.25) is 5.02 Å². The van der Waals surface area contributed by atoms with Gasteiger partial charge in [0, 0.05) is 50.2 Å². The van der Waals surface area contributed by atoms with Crippen LogP contribution in [0.4, 0.5) is 9.59 Å². The van der Waals surface area contributed by atoms with Crippen LogP contribution in [0.5, 0.6) is 0 Å². The van der Waals surface area contributed by atoms with E-state index in [0.717, 1.165) is 31.4 Å². The number of halogens is 1.